The monoisotopic (exact) mass is 339 g/mol. The number of nitrogens with zero attached hydrogens (tertiary/aromatic N) is 1. The number of amides is 1. The highest BCUT2D eigenvalue weighted by atomic mass is 16.5. The summed E-state index contributed by atoms with van der Waals surface area (Å²) >= 11 is 0. The van der Waals surface area contributed by atoms with Crippen LogP contribution in [0.2, 0.25) is 0 Å². The van der Waals surface area contributed by atoms with Gasteiger partial charge in [0.1, 0.15) is 0 Å². The van der Waals surface area contributed by atoms with E-state index in [1.807, 2.05) is 31.2 Å². The summed E-state index contributed by atoms with van der Waals surface area (Å²) in [5, 5.41) is 0. The van der Waals surface area contributed by atoms with Gasteiger partial charge in [0, 0.05) is 24.7 Å². The van der Waals surface area contributed by atoms with E-state index in [4.69, 9.17) is 9.47 Å². The number of para-hydroxylation sites is 1. The van der Waals surface area contributed by atoms with Crippen molar-refractivity contribution in [1.82, 2.24) is 0 Å². The van der Waals surface area contributed by atoms with Gasteiger partial charge in [0.2, 0.25) is 5.91 Å². The molecule has 5 nitrogen and oxygen atoms in total. The predicted octanol–water partition coefficient (Wildman–Crippen LogP) is 3.21. The number of hydrogen-bond donors (Lipinski definition) is 0. The molecule has 0 bridgehead atoms. The number of likely N-dealkylation sites (N-methyl/N-ethyl adjacent to an activating group) is 1. The van der Waals surface area contributed by atoms with Crippen LogP contribution in [-0.4, -0.2) is 33.0 Å². The number of Topliss-reactive ketones (excluding diaryl/α,β-unsaturated/α-hetero) is 1. The fourth-order valence-corrected chi connectivity index (χ4v) is 3.43. The summed E-state index contributed by atoms with van der Waals surface area (Å²) in [4.78, 5) is 27.3. The first-order chi connectivity index (χ1) is 11.9. The van der Waals surface area contributed by atoms with Crippen LogP contribution in [0, 0.1) is 0 Å². The Balaban J connectivity index is 1.94. The molecule has 130 valence electrons. The van der Waals surface area contributed by atoms with E-state index < -0.39 is 5.41 Å². The van der Waals surface area contributed by atoms with Crippen molar-refractivity contribution >= 4 is 17.4 Å². The first kappa shape index (κ1) is 17.0. The molecule has 2 aromatic carbocycles. The van der Waals surface area contributed by atoms with E-state index in [9.17, 15) is 9.59 Å². The first-order valence-electron chi connectivity index (χ1n) is 8.05. The lowest BCUT2D eigenvalue weighted by molar-refractivity contribution is -0.122. The maximum atomic E-state index is 12.9. The number of fused-ring (bicyclic) bond motifs is 1. The summed E-state index contributed by atoms with van der Waals surface area (Å²) in [5.74, 6) is 0.880. The van der Waals surface area contributed by atoms with Gasteiger partial charge in [-0.15, -0.1) is 0 Å². The molecule has 0 aromatic heterocycles. The number of anilines is 1. The summed E-state index contributed by atoms with van der Waals surface area (Å²) in [6, 6.07) is 12.7. The van der Waals surface area contributed by atoms with Crippen LogP contribution in [0.4, 0.5) is 5.69 Å². The highest BCUT2D eigenvalue weighted by molar-refractivity contribution is 6.11. The van der Waals surface area contributed by atoms with Crippen LogP contribution >= 0.6 is 0 Å². The molecule has 0 saturated heterocycles. The number of methoxy groups -OCH3 is 2. The molecule has 1 aliphatic rings. The second-order valence-corrected chi connectivity index (χ2v) is 6.38. The lowest BCUT2D eigenvalue weighted by Crippen LogP contribution is -2.37. The fraction of sp³-hybridized carbons (Fsp3) is 0.300. The lowest BCUT2D eigenvalue weighted by Gasteiger charge is -2.22. The third-order valence-electron chi connectivity index (χ3n) is 4.86. The fourth-order valence-electron chi connectivity index (χ4n) is 3.43. The van der Waals surface area contributed by atoms with Gasteiger partial charge in [-0.1, -0.05) is 18.2 Å². The Hall–Kier alpha value is -2.82. The van der Waals surface area contributed by atoms with Gasteiger partial charge in [-0.25, -0.2) is 0 Å². The van der Waals surface area contributed by atoms with Gasteiger partial charge in [-0.3, -0.25) is 9.59 Å². The van der Waals surface area contributed by atoms with Crippen LogP contribution in [0.15, 0.2) is 42.5 Å². The number of ether oxygens (including phenoxy) is 2. The Morgan fingerprint density at radius 3 is 2.44 bits per heavy atom. The molecule has 0 saturated carbocycles. The molecule has 1 heterocycles. The number of hydrogen-bond acceptors (Lipinski definition) is 4. The number of carbonyl (C=O) groups excluding carboxylic acids is 2. The Morgan fingerprint density at radius 2 is 1.76 bits per heavy atom. The minimum absolute atomic E-state index is 0.0671. The molecule has 3 rings (SSSR count). The zero-order valence-corrected chi connectivity index (χ0v) is 14.8. The predicted molar refractivity (Wildman–Crippen MR) is 95.7 cm³/mol. The van der Waals surface area contributed by atoms with Gasteiger partial charge in [-0.05, 0) is 36.8 Å². The summed E-state index contributed by atoms with van der Waals surface area (Å²) in [7, 11) is 4.82. The largest absolute Gasteiger partial charge is 0.493 e. The molecular formula is C20H21NO4. The molecule has 2 aromatic rings. The molecule has 1 unspecified atom stereocenters. The highest BCUT2D eigenvalue weighted by Gasteiger charge is 2.47. The number of ketones is 1. The van der Waals surface area contributed by atoms with Crippen LogP contribution in [0.1, 0.15) is 29.3 Å². The number of rotatable bonds is 5. The highest BCUT2D eigenvalue weighted by Crippen LogP contribution is 2.43. The van der Waals surface area contributed by atoms with E-state index in [1.54, 1.807) is 37.3 Å². The van der Waals surface area contributed by atoms with Crippen molar-refractivity contribution in [3.05, 3.63) is 53.6 Å². The molecule has 0 N–H and O–H groups in total. The number of carbonyl (C=O) groups is 2. The van der Waals surface area contributed by atoms with Crippen molar-refractivity contribution in [2.24, 2.45) is 0 Å². The second-order valence-electron chi connectivity index (χ2n) is 6.38. The van der Waals surface area contributed by atoms with E-state index in [-0.39, 0.29) is 18.1 Å². The Morgan fingerprint density at radius 1 is 1.08 bits per heavy atom. The maximum absolute atomic E-state index is 12.9. The standard InChI is InChI=1S/C20H21NO4/c1-20(14-7-5-6-8-15(14)21(2)19(20)23)12-16(22)13-9-10-17(24-3)18(11-13)25-4/h5-11H,12H2,1-4H3. The van der Waals surface area contributed by atoms with Gasteiger partial charge >= 0.3 is 0 Å². The van der Waals surface area contributed by atoms with Crippen LogP contribution < -0.4 is 14.4 Å². The zero-order valence-electron chi connectivity index (χ0n) is 14.8. The van der Waals surface area contributed by atoms with Crippen molar-refractivity contribution in [2.75, 3.05) is 26.2 Å². The van der Waals surface area contributed by atoms with Crippen molar-refractivity contribution < 1.29 is 19.1 Å². The normalized spacial score (nSPS) is 18.9. The van der Waals surface area contributed by atoms with Crippen LogP contribution in [0.3, 0.4) is 0 Å². The second kappa shape index (κ2) is 6.24. The Labute approximate surface area is 147 Å². The van der Waals surface area contributed by atoms with E-state index >= 15 is 0 Å². The third kappa shape index (κ3) is 2.65. The number of benzene rings is 2. The maximum Gasteiger partial charge on any atom is 0.237 e. The molecular weight excluding hydrogens is 318 g/mol. The van der Waals surface area contributed by atoms with E-state index in [0.29, 0.717) is 17.1 Å². The summed E-state index contributed by atoms with van der Waals surface area (Å²) in [6.45, 7) is 1.83. The van der Waals surface area contributed by atoms with Gasteiger partial charge in [0.05, 0.1) is 19.6 Å². The van der Waals surface area contributed by atoms with E-state index in [1.165, 1.54) is 7.11 Å². The Bertz CT molecular complexity index is 845. The molecule has 1 amide bonds. The van der Waals surface area contributed by atoms with Gasteiger partial charge < -0.3 is 14.4 Å². The van der Waals surface area contributed by atoms with Crippen LogP contribution in [-0.2, 0) is 10.2 Å². The van der Waals surface area contributed by atoms with Crippen molar-refractivity contribution in [3.8, 4) is 11.5 Å². The molecule has 5 heteroatoms. The smallest absolute Gasteiger partial charge is 0.237 e. The third-order valence-corrected chi connectivity index (χ3v) is 4.86. The minimum Gasteiger partial charge on any atom is -0.493 e. The van der Waals surface area contributed by atoms with E-state index in [2.05, 4.69) is 0 Å². The van der Waals surface area contributed by atoms with Gasteiger partial charge in [0.25, 0.3) is 0 Å². The molecule has 0 radical (unpaired) electrons. The minimum atomic E-state index is -0.865. The Kier molecular flexibility index (Phi) is 4.25. The van der Waals surface area contributed by atoms with Gasteiger partial charge in [0.15, 0.2) is 17.3 Å². The molecule has 25 heavy (non-hydrogen) atoms. The topological polar surface area (TPSA) is 55.8 Å². The van der Waals surface area contributed by atoms with Crippen LogP contribution in [0.25, 0.3) is 0 Å². The lowest BCUT2D eigenvalue weighted by atomic mass is 9.78. The van der Waals surface area contributed by atoms with Crippen molar-refractivity contribution in [3.63, 3.8) is 0 Å². The molecule has 0 aliphatic carbocycles. The first-order valence-corrected chi connectivity index (χ1v) is 8.05. The molecule has 0 fully saturated rings. The summed E-state index contributed by atoms with van der Waals surface area (Å²) < 4.78 is 10.5. The molecule has 1 atom stereocenters. The SMILES string of the molecule is COc1ccc(C(=O)CC2(C)C(=O)N(C)c3ccccc32)cc1OC. The summed E-state index contributed by atoms with van der Waals surface area (Å²) in [5.41, 5.74) is 1.38. The van der Waals surface area contributed by atoms with Crippen molar-refractivity contribution in [1.29, 1.82) is 0 Å². The van der Waals surface area contributed by atoms with Gasteiger partial charge in [-0.2, -0.15) is 0 Å². The summed E-state index contributed by atoms with van der Waals surface area (Å²) in [6.07, 6.45) is 0.0999. The van der Waals surface area contributed by atoms with E-state index in [0.717, 1.165) is 11.3 Å². The van der Waals surface area contributed by atoms with Crippen LogP contribution in [0.5, 0.6) is 11.5 Å². The zero-order chi connectivity index (χ0) is 18.2. The van der Waals surface area contributed by atoms with Crippen molar-refractivity contribution in [2.45, 2.75) is 18.8 Å². The molecule has 1 aliphatic heterocycles. The average Bonchev–Trinajstić information content (AvgIpc) is 2.83. The average molecular weight is 339 g/mol. The quantitative estimate of drug-likeness (QED) is 0.785. The molecule has 0 spiro atoms.